The van der Waals surface area contributed by atoms with Crippen molar-refractivity contribution in [3.05, 3.63) is 0 Å². The SMILES string of the molecule is C[C@@H]1CC(=O)CC(=O)N1C(=O)OC(C)(C)C. The molecule has 2 amide bonds. The van der Waals surface area contributed by atoms with E-state index in [1.165, 1.54) is 0 Å². The van der Waals surface area contributed by atoms with Crippen molar-refractivity contribution < 1.29 is 19.1 Å². The van der Waals surface area contributed by atoms with Crippen LogP contribution in [0.25, 0.3) is 0 Å². The second kappa shape index (κ2) is 4.23. The Morgan fingerprint density at radius 2 is 1.94 bits per heavy atom. The van der Waals surface area contributed by atoms with E-state index in [9.17, 15) is 14.4 Å². The Labute approximate surface area is 94.7 Å². The first-order valence-corrected chi connectivity index (χ1v) is 5.27. The molecule has 90 valence electrons. The number of Topliss-reactive ketones (excluding diaryl/α,β-unsaturated/α-hetero) is 1. The van der Waals surface area contributed by atoms with Crippen LogP contribution in [0.5, 0.6) is 0 Å². The molecule has 1 fully saturated rings. The molecule has 0 spiro atoms. The fourth-order valence-electron chi connectivity index (χ4n) is 1.59. The van der Waals surface area contributed by atoms with Crippen LogP contribution in [0, 0.1) is 0 Å². The van der Waals surface area contributed by atoms with Gasteiger partial charge in [0.05, 0.1) is 6.42 Å². The van der Waals surface area contributed by atoms with Crippen molar-refractivity contribution in [1.82, 2.24) is 4.90 Å². The van der Waals surface area contributed by atoms with E-state index in [0.29, 0.717) is 0 Å². The Hall–Kier alpha value is -1.39. The van der Waals surface area contributed by atoms with E-state index in [-0.39, 0.29) is 18.6 Å². The monoisotopic (exact) mass is 227 g/mol. The first-order valence-electron chi connectivity index (χ1n) is 5.27. The molecular weight excluding hydrogens is 210 g/mol. The highest BCUT2D eigenvalue weighted by molar-refractivity contribution is 6.06. The molecule has 0 radical (unpaired) electrons. The van der Waals surface area contributed by atoms with E-state index < -0.39 is 23.6 Å². The average Bonchev–Trinajstić information content (AvgIpc) is 1.96. The van der Waals surface area contributed by atoms with Gasteiger partial charge in [-0.1, -0.05) is 0 Å². The van der Waals surface area contributed by atoms with Gasteiger partial charge in [-0.2, -0.15) is 0 Å². The van der Waals surface area contributed by atoms with Gasteiger partial charge in [0.2, 0.25) is 5.91 Å². The molecule has 5 nitrogen and oxygen atoms in total. The van der Waals surface area contributed by atoms with Crippen LogP contribution < -0.4 is 0 Å². The highest BCUT2D eigenvalue weighted by atomic mass is 16.6. The molecule has 0 saturated carbocycles. The largest absolute Gasteiger partial charge is 0.443 e. The number of carbonyl (C=O) groups excluding carboxylic acids is 3. The smallest absolute Gasteiger partial charge is 0.417 e. The third-order valence-electron chi connectivity index (χ3n) is 2.17. The van der Waals surface area contributed by atoms with Crippen LogP contribution in [-0.2, 0) is 14.3 Å². The zero-order valence-electron chi connectivity index (χ0n) is 10.1. The molecule has 0 aromatic rings. The van der Waals surface area contributed by atoms with E-state index in [1.54, 1.807) is 27.7 Å². The maximum atomic E-state index is 11.7. The van der Waals surface area contributed by atoms with Gasteiger partial charge in [0, 0.05) is 12.5 Å². The molecule has 1 aliphatic rings. The van der Waals surface area contributed by atoms with Crippen LogP contribution in [0.3, 0.4) is 0 Å². The number of hydrogen-bond donors (Lipinski definition) is 0. The summed E-state index contributed by atoms with van der Waals surface area (Å²) in [6.07, 6.45) is -0.660. The van der Waals surface area contributed by atoms with Crippen LogP contribution in [-0.4, -0.2) is 34.3 Å². The lowest BCUT2D eigenvalue weighted by atomic mass is 10.0. The molecule has 0 aromatic carbocycles. The highest BCUT2D eigenvalue weighted by Gasteiger charge is 2.36. The summed E-state index contributed by atoms with van der Waals surface area (Å²) in [5.41, 5.74) is -0.640. The fraction of sp³-hybridized carbons (Fsp3) is 0.727. The number of likely N-dealkylation sites (tertiary alicyclic amines) is 1. The van der Waals surface area contributed by atoms with E-state index >= 15 is 0 Å². The fourth-order valence-corrected chi connectivity index (χ4v) is 1.59. The lowest BCUT2D eigenvalue weighted by Crippen LogP contribution is -2.50. The highest BCUT2D eigenvalue weighted by Crippen LogP contribution is 2.19. The van der Waals surface area contributed by atoms with Crippen LogP contribution in [0.2, 0.25) is 0 Å². The van der Waals surface area contributed by atoms with Gasteiger partial charge >= 0.3 is 6.09 Å². The van der Waals surface area contributed by atoms with Gasteiger partial charge in [0.1, 0.15) is 11.4 Å². The Bertz CT molecular complexity index is 329. The van der Waals surface area contributed by atoms with Gasteiger partial charge in [-0.3, -0.25) is 9.59 Å². The minimum atomic E-state index is -0.669. The Morgan fingerprint density at radius 1 is 1.38 bits per heavy atom. The number of rotatable bonds is 0. The molecule has 0 aromatic heterocycles. The normalized spacial score (nSPS) is 22.2. The number of hydrogen-bond acceptors (Lipinski definition) is 4. The van der Waals surface area contributed by atoms with E-state index in [4.69, 9.17) is 4.74 Å². The number of ketones is 1. The van der Waals surface area contributed by atoms with E-state index in [0.717, 1.165) is 4.90 Å². The molecule has 1 aliphatic heterocycles. The van der Waals surface area contributed by atoms with Crippen LogP contribution >= 0.6 is 0 Å². The summed E-state index contributed by atoms with van der Waals surface area (Å²) < 4.78 is 5.11. The summed E-state index contributed by atoms with van der Waals surface area (Å²) in [4.78, 5) is 35.4. The molecule has 16 heavy (non-hydrogen) atoms. The van der Waals surface area contributed by atoms with Gasteiger partial charge < -0.3 is 4.74 Å². The summed E-state index contributed by atoms with van der Waals surface area (Å²) in [5.74, 6) is -0.602. The molecule has 0 bridgehead atoms. The average molecular weight is 227 g/mol. The third-order valence-corrected chi connectivity index (χ3v) is 2.17. The van der Waals surface area contributed by atoms with E-state index in [1.807, 2.05) is 0 Å². The molecule has 0 unspecified atom stereocenters. The van der Waals surface area contributed by atoms with Crippen molar-refractivity contribution in [2.75, 3.05) is 0 Å². The number of carbonyl (C=O) groups is 3. The summed E-state index contributed by atoms with van der Waals surface area (Å²) in [7, 11) is 0. The maximum Gasteiger partial charge on any atom is 0.417 e. The second-order valence-corrected chi connectivity index (χ2v) is 5.01. The first kappa shape index (κ1) is 12.7. The number of imide groups is 1. The van der Waals surface area contributed by atoms with Crippen LogP contribution in [0.1, 0.15) is 40.5 Å². The Balaban J connectivity index is 2.75. The lowest BCUT2D eigenvalue weighted by molar-refractivity contribution is -0.140. The number of nitrogens with zero attached hydrogens (tertiary/aromatic N) is 1. The van der Waals surface area contributed by atoms with Gasteiger partial charge in [-0.05, 0) is 27.7 Å². The van der Waals surface area contributed by atoms with Crippen LogP contribution in [0.15, 0.2) is 0 Å². The molecule has 5 heteroatoms. The third kappa shape index (κ3) is 3.05. The summed E-state index contributed by atoms with van der Waals surface area (Å²) in [6.45, 7) is 6.86. The Kier molecular flexibility index (Phi) is 3.35. The lowest BCUT2D eigenvalue weighted by Gasteiger charge is -2.32. The molecule has 1 rings (SSSR count). The van der Waals surface area contributed by atoms with Crippen molar-refractivity contribution in [3.8, 4) is 0 Å². The van der Waals surface area contributed by atoms with Crippen molar-refractivity contribution in [2.45, 2.75) is 52.2 Å². The van der Waals surface area contributed by atoms with Crippen molar-refractivity contribution in [2.24, 2.45) is 0 Å². The number of piperidine rings is 1. The zero-order chi connectivity index (χ0) is 12.5. The maximum absolute atomic E-state index is 11.7. The van der Waals surface area contributed by atoms with Gasteiger partial charge in [0.25, 0.3) is 0 Å². The predicted molar refractivity (Wildman–Crippen MR) is 56.8 cm³/mol. The zero-order valence-corrected chi connectivity index (χ0v) is 10.1. The molecule has 1 heterocycles. The number of amides is 2. The second-order valence-electron chi connectivity index (χ2n) is 5.01. The standard InChI is InChI=1S/C11H17NO4/c1-7-5-8(13)6-9(14)12(7)10(15)16-11(2,3)4/h7H,5-6H2,1-4H3/t7-/m1/s1. The molecule has 1 atom stereocenters. The molecule has 1 saturated heterocycles. The van der Waals surface area contributed by atoms with Gasteiger partial charge in [0.15, 0.2) is 0 Å². The van der Waals surface area contributed by atoms with Gasteiger partial charge in [-0.15, -0.1) is 0 Å². The quantitative estimate of drug-likeness (QED) is 0.588. The van der Waals surface area contributed by atoms with Crippen LogP contribution in [0.4, 0.5) is 4.79 Å². The molecule has 0 aliphatic carbocycles. The minimum absolute atomic E-state index is 0.127. The van der Waals surface area contributed by atoms with E-state index in [2.05, 4.69) is 0 Å². The molecular formula is C11H17NO4. The topological polar surface area (TPSA) is 63.7 Å². The van der Waals surface area contributed by atoms with Crippen molar-refractivity contribution in [3.63, 3.8) is 0 Å². The Morgan fingerprint density at radius 3 is 2.38 bits per heavy atom. The predicted octanol–water partition coefficient (Wildman–Crippen LogP) is 1.50. The van der Waals surface area contributed by atoms with Crippen molar-refractivity contribution in [1.29, 1.82) is 0 Å². The molecule has 0 N–H and O–H groups in total. The summed E-state index contributed by atoms with van der Waals surface area (Å²) in [6, 6.07) is -0.413. The van der Waals surface area contributed by atoms with Crippen molar-refractivity contribution >= 4 is 17.8 Å². The number of ether oxygens (including phenoxy) is 1. The van der Waals surface area contributed by atoms with Gasteiger partial charge in [-0.25, -0.2) is 9.69 Å². The summed E-state index contributed by atoms with van der Waals surface area (Å²) >= 11 is 0. The minimum Gasteiger partial charge on any atom is -0.443 e. The summed E-state index contributed by atoms with van der Waals surface area (Å²) in [5, 5.41) is 0. The first-order chi connectivity index (χ1) is 7.20.